The minimum absolute atomic E-state index is 0.874. The van der Waals surface area contributed by atoms with E-state index in [0.717, 1.165) is 18.8 Å². The molecule has 2 nitrogen and oxygen atoms in total. The molecule has 2 aromatic carbocycles. The van der Waals surface area contributed by atoms with Crippen molar-refractivity contribution in [3.8, 4) is 5.75 Å². The Kier molecular flexibility index (Phi) is 7.24. The smallest absolute Gasteiger partial charge is 0.123 e. The highest BCUT2D eigenvalue weighted by molar-refractivity contribution is 5.87. The summed E-state index contributed by atoms with van der Waals surface area (Å²) in [5, 5.41) is 6.15. The lowest BCUT2D eigenvalue weighted by atomic mass is 10.0. The monoisotopic (exact) mass is 299 g/mol. The van der Waals surface area contributed by atoms with Gasteiger partial charge in [-0.1, -0.05) is 69.4 Å². The maximum Gasteiger partial charge on any atom is 0.123 e. The lowest BCUT2D eigenvalue weighted by Crippen LogP contribution is -2.15. The van der Waals surface area contributed by atoms with Crippen molar-refractivity contribution in [1.29, 1.82) is 0 Å². The summed E-state index contributed by atoms with van der Waals surface area (Å²) < 4.78 is 5.54. The Bertz CT molecular complexity index is 565. The van der Waals surface area contributed by atoms with E-state index in [4.69, 9.17) is 4.74 Å². The first-order valence-corrected chi connectivity index (χ1v) is 8.62. The van der Waals surface area contributed by atoms with E-state index in [2.05, 4.69) is 48.6 Å². The van der Waals surface area contributed by atoms with E-state index in [9.17, 15) is 0 Å². The van der Waals surface area contributed by atoms with Crippen LogP contribution in [0.5, 0.6) is 5.75 Å². The van der Waals surface area contributed by atoms with Gasteiger partial charge in [-0.15, -0.1) is 0 Å². The maximum atomic E-state index is 5.54. The number of fused-ring (bicyclic) bond motifs is 1. The topological polar surface area (TPSA) is 21.3 Å². The molecule has 1 N–H and O–H groups in total. The summed E-state index contributed by atoms with van der Waals surface area (Å²) in [5.74, 6) is 0.981. The molecule has 0 spiro atoms. The molecule has 0 aliphatic heterocycles. The van der Waals surface area contributed by atoms with E-state index in [1.54, 1.807) is 7.11 Å². The van der Waals surface area contributed by atoms with Crippen LogP contribution in [0.1, 0.15) is 51.0 Å². The average molecular weight is 299 g/mol. The van der Waals surface area contributed by atoms with Gasteiger partial charge in [0, 0.05) is 12.1 Å². The first-order valence-electron chi connectivity index (χ1n) is 8.62. The van der Waals surface area contributed by atoms with Gasteiger partial charge >= 0.3 is 0 Å². The zero-order chi connectivity index (χ0) is 15.6. The number of unbranched alkanes of at least 4 members (excludes halogenated alkanes) is 5. The molecule has 0 aromatic heterocycles. The van der Waals surface area contributed by atoms with Crippen LogP contribution in [0.2, 0.25) is 0 Å². The van der Waals surface area contributed by atoms with Crippen LogP contribution < -0.4 is 10.1 Å². The highest BCUT2D eigenvalue weighted by atomic mass is 16.5. The van der Waals surface area contributed by atoms with Crippen LogP contribution in [0, 0.1) is 0 Å². The number of methoxy groups -OCH3 is 1. The predicted octanol–water partition coefficient (Wildman–Crippen LogP) is 5.30. The molecule has 0 atom stereocenters. The molecular weight excluding hydrogens is 270 g/mol. The van der Waals surface area contributed by atoms with Gasteiger partial charge in [0.05, 0.1) is 7.11 Å². The van der Waals surface area contributed by atoms with Gasteiger partial charge in [0.2, 0.25) is 0 Å². The number of ether oxygens (including phenoxy) is 1. The standard InChI is InChI=1S/C20H29NO/c1-3-4-5-6-7-10-15-21-16-19-18-12-9-8-11-17(18)13-14-20(19)22-2/h8-9,11-14,21H,3-7,10,15-16H2,1-2H3. The molecule has 0 saturated heterocycles. The van der Waals surface area contributed by atoms with Gasteiger partial charge in [0.1, 0.15) is 5.75 Å². The first-order chi connectivity index (χ1) is 10.9. The quantitative estimate of drug-likeness (QED) is 0.601. The number of rotatable bonds is 10. The second-order valence-corrected chi connectivity index (χ2v) is 5.91. The van der Waals surface area contributed by atoms with Crippen molar-refractivity contribution in [3.05, 3.63) is 42.0 Å². The third-order valence-electron chi connectivity index (χ3n) is 4.23. The van der Waals surface area contributed by atoms with Crippen LogP contribution in [0.15, 0.2) is 36.4 Å². The zero-order valence-corrected chi connectivity index (χ0v) is 14.0. The predicted molar refractivity (Wildman–Crippen MR) is 95.6 cm³/mol. The van der Waals surface area contributed by atoms with Gasteiger partial charge in [-0.05, 0) is 29.8 Å². The molecule has 0 bridgehead atoms. The Morgan fingerprint density at radius 2 is 1.68 bits per heavy atom. The van der Waals surface area contributed by atoms with Gasteiger partial charge in [0.15, 0.2) is 0 Å². The highest BCUT2D eigenvalue weighted by Crippen LogP contribution is 2.27. The molecular formula is C20H29NO. The van der Waals surface area contributed by atoms with E-state index >= 15 is 0 Å². The van der Waals surface area contributed by atoms with Crippen LogP contribution in [-0.2, 0) is 6.54 Å². The Hall–Kier alpha value is -1.54. The molecule has 0 fully saturated rings. The average Bonchev–Trinajstić information content (AvgIpc) is 2.57. The Balaban J connectivity index is 1.85. The van der Waals surface area contributed by atoms with Crippen molar-refractivity contribution >= 4 is 10.8 Å². The molecule has 22 heavy (non-hydrogen) atoms. The summed E-state index contributed by atoms with van der Waals surface area (Å²) in [6, 6.07) is 12.7. The van der Waals surface area contributed by atoms with Crippen molar-refractivity contribution in [1.82, 2.24) is 5.32 Å². The Morgan fingerprint density at radius 1 is 0.909 bits per heavy atom. The van der Waals surface area contributed by atoms with Crippen molar-refractivity contribution in [3.63, 3.8) is 0 Å². The van der Waals surface area contributed by atoms with Crippen molar-refractivity contribution in [2.24, 2.45) is 0 Å². The largest absolute Gasteiger partial charge is 0.496 e. The third-order valence-corrected chi connectivity index (χ3v) is 4.23. The van der Waals surface area contributed by atoms with Gasteiger partial charge in [-0.25, -0.2) is 0 Å². The number of benzene rings is 2. The molecule has 2 aromatic rings. The van der Waals surface area contributed by atoms with E-state index < -0.39 is 0 Å². The van der Waals surface area contributed by atoms with E-state index in [0.29, 0.717) is 0 Å². The van der Waals surface area contributed by atoms with Crippen molar-refractivity contribution in [2.75, 3.05) is 13.7 Å². The van der Waals surface area contributed by atoms with E-state index in [-0.39, 0.29) is 0 Å². The second-order valence-electron chi connectivity index (χ2n) is 5.91. The van der Waals surface area contributed by atoms with E-state index in [1.807, 2.05) is 0 Å². The second kappa shape index (κ2) is 9.47. The molecule has 0 heterocycles. The molecule has 0 saturated carbocycles. The minimum Gasteiger partial charge on any atom is -0.496 e. The van der Waals surface area contributed by atoms with Crippen molar-refractivity contribution < 1.29 is 4.74 Å². The molecule has 0 unspecified atom stereocenters. The molecule has 0 amide bonds. The van der Waals surface area contributed by atoms with Crippen LogP contribution in [0.25, 0.3) is 10.8 Å². The molecule has 0 aliphatic rings. The van der Waals surface area contributed by atoms with Crippen LogP contribution in [0.4, 0.5) is 0 Å². The Labute approximate surface area is 134 Å². The Morgan fingerprint density at radius 3 is 2.50 bits per heavy atom. The van der Waals surface area contributed by atoms with Gasteiger partial charge in [0.25, 0.3) is 0 Å². The minimum atomic E-state index is 0.874. The summed E-state index contributed by atoms with van der Waals surface area (Å²) in [6.07, 6.45) is 8.04. The maximum absolute atomic E-state index is 5.54. The molecule has 2 heteroatoms. The fourth-order valence-electron chi connectivity index (χ4n) is 2.93. The third kappa shape index (κ3) is 4.74. The summed E-state index contributed by atoms with van der Waals surface area (Å²) in [7, 11) is 1.75. The van der Waals surface area contributed by atoms with Crippen LogP contribution in [-0.4, -0.2) is 13.7 Å². The molecule has 0 radical (unpaired) electrons. The fraction of sp³-hybridized carbons (Fsp3) is 0.500. The van der Waals surface area contributed by atoms with Gasteiger partial charge in [-0.2, -0.15) is 0 Å². The summed E-state index contributed by atoms with van der Waals surface area (Å²) in [6.45, 7) is 4.22. The highest BCUT2D eigenvalue weighted by Gasteiger charge is 2.07. The van der Waals surface area contributed by atoms with Crippen LogP contribution in [0.3, 0.4) is 0 Å². The first kappa shape index (κ1) is 16.8. The SMILES string of the molecule is CCCCCCCCNCc1c(OC)ccc2ccccc12. The lowest BCUT2D eigenvalue weighted by Gasteiger charge is -2.13. The van der Waals surface area contributed by atoms with Gasteiger partial charge < -0.3 is 10.1 Å². The number of hydrogen-bond acceptors (Lipinski definition) is 2. The number of nitrogens with one attached hydrogen (secondary N) is 1. The zero-order valence-electron chi connectivity index (χ0n) is 14.0. The fourth-order valence-corrected chi connectivity index (χ4v) is 2.93. The molecule has 120 valence electrons. The van der Waals surface area contributed by atoms with Crippen LogP contribution >= 0.6 is 0 Å². The lowest BCUT2D eigenvalue weighted by molar-refractivity contribution is 0.408. The molecule has 0 aliphatic carbocycles. The van der Waals surface area contributed by atoms with E-state index in [1.165, 1.54) is 54.9 Å². The summed E-state index contributed by atoms with van der Waals surface area (Å²) >= 11 is 0. The number of hydrogen-bond donors (Lipinski definition) is 1. The summed E-state index contributed by atoms with van der Waals surface area (Å²) in [5.41, 5.74) is 1.27. The molecule has 2 rings (SSSR count). The summed E-state index contributed by atoms with van der Waals surface area (Å²) in [4.78, 5) is 0. The van der Waals surface area contributed by atoms with Crippen molar-refractivity contribution in [2.45, 2.75) is 52.0 Å². The van der Waals surface area contributed by atoms with Gasteiger partial charge in [-0.3, -0.25) is 0 Å². The normalized spacial score (nSPS) is 11.0.